The highest BCUT2D eigenvalue weighted by atomic mass is 16.5. The summed E-state index contributed by atoms with van der Waals surface area (Å²) in [6, 6.07) is -1.79. The molecule has 0 unspecified atom stereocenters. The minimum atomic E-state index is -0.973. The van der Waals surface area contributed by atoms with Gasteiger partial charge in [0.2, 0.25) is 11.8 Å². The maximum atomic E-state index is 11.8. The predicted molar refractivity (Wildman–Crippen MR) is 74.7 cm³/mol. The lowest BCUT2D eigenvalue weighted by Gasteiger charge is -2.17. The zero-order valence-electron chi connectivity index (χ0n) is 13.3. The molecule has 0 aliphatic heterocycles. The Labute approximate surface area is 121 Å². The van der Waals surface area contributed by atoms with Crippen LogP contribution in [0.25, 0.3) is 0 Å². The maximum absolute atomic E-state index is 11.8. The highest BCUT2D eigenvalue weighted by molar-refractivity contribution is 5.90. The van der Waals surface area contributed by atoms with Gasteiger partial charge in [-0.15, -0.1) is 0 Å². The summed E-state index contributed by atoms with van der Waals surface area (Å²) < 4.78 is 12.2. The van der Waals surface area contributed by atoms with Crippen LogP contribution >= 0.6 is 0 Å². The topological polar surface area (TPSA) is 111 Å². The number of methoxy groups -OCH3 is 1. The summed E-state index contributed by atoms with van der Waals surface area (Å²) in [6.07, 6.45) is 2.49. The molecule has 0 spiro atoms. The van der Waals surface area contributed by atoms with Crippen LogP contribution in [-0.2, 0) is 19.1 Å². The number of amides is 2. The number of ether oxygens (including phenoxy) is 1. The van der Waals surface area contributed by atoms with Crippen molar-refractivity contribution in [3.63, 3.8) is 0 Å². The molecule has 116 valence electrons. The summed E-state index contributed by atoms with van der Waals surface area (Å²) in [5.74, 6) is -1.58. The van der Waals surface area contributed by atoms with Crippen molar-refractivity contribution in [2.75, 3.05) is 13.7 Å². The molecule has 7 heteroatoms. The lowest BCUT2D eigenvalue weighted by molar-refractivity contribution is -0.144. The molecule has 0 aliphatic rings. The van der Waals surface area contributed by atoms with Crippen molar-refractivity contribution in [2.24, 2.45) is 5.73 Å². The van der Waals surface area contributed by atoms with E-state index in [2.05, 4.69) is 10.1 Å². The SMILES string of the molecule is [2H]N(C(=O)CCCCCN)[C@H](C)C(=O)N[C@@H](C)C(=O)OC. The predicted octanol–water partition coefficient (Wildman–Crippen LogP) is -0.312. The summed E-state index contributed by atoms with van der Waals surface area (Å²) in [7, 11) is 1.22. The third-order valence-electron chi connectivity index (χ3n) is 2.73. The lowest BCUT2D eigenvalue weighted by atomic mass is 10.2. The Morgan fingerprint density at radius 2 is 1.85 bits per heavy atom. The van der Waals surface area contributed by atoms with Gasteiger partial charge in [-0.2, -0.15) is 0 Å². The molecule has 0 aromatic rings. The maximum Gasteiger partial charge on any atom is 0.328 e. The van der Waals surface area contributed by atoms with Crippen molar-refractivity contribution in [1.29, 1.82) is 0 Å². The standard InChI is InChI=1S/C13H25N3O4/c1-9(12(18)16-10(2)13(19)20-3)15-11(17)7-5-4-6-8-14/h9-10H,4-8,14H2,1-3H3,(H,15,17)(H,16,18)/t9-,10+/m1/s1/i/hD. The molecule has 7 nitrogen and oxygen atoms in total. The zero-order valence-corrected chi connectivity index (χ0v) is 12.3. The van der Waals surface area contributed by atoms with Crippen LogP contribution in [0.15, 0.2) is 0 Å². The largest absolute Gasteiger partial charge is 0.467 e. The van der Waals surface area contributed by atoms with Gasteiger partial charge in [-0.1, -0.05) is 6.42 Å². The van der Waals surface area contributed by atoms with E-state index in [1.54, 1.807) is 0 Å². The second-order valence-electron chi connectivity index (χ2n) is 4.55. The van der Waals surface area contributed by atoms with Crippen LogP contribution in [0.2, 0.25) is 1.41 Å². The second kappa shape index (κ2) is 10.2. The Hall–Kier alpha value is -1.63. The first-order valence-electron chi connectivity index (χ1n) is 7.19. The summed E-state index contributed by atoms with van der Waals surface area (Å²) in [6.45, 7) is 3.48. The van der Waals surface area contributed by atoms with Crippen molar-refractivity contribution < 1.29 is 20.5 Å². The van der Waals surface area contributed by atoms with Crippen molar-refractivity contribution in [3.8, 4) is 0 Å². The number of hydrogen-bond donors (Lipinski definition) is 3. The normalized spacial score (nSPS) is 13.9. The molecule has 0 saturated heterocycles. The number of hydrogen-bond acceptors (Lipinski definition) is 5. The molecule has 0 fully saturated rings. The Morgan fingerprint density at radius 3 is 2.40 bits per heavy atom. The monoisotopic (exact) mass is 288 g/mol. The van der Waals surface area contributed by atoms with Gasteiger partial charge in [0, 0.05) is 6.42 Å². The van der Waals surface area contributed by atoms with E-state index in [9.17, 15) is 14.4 Å². The molecule has 4 N–H and O–H groups in total. The Kier molecular flexibility index (Phi) is 8.37. The minimum Gasteiger partial charge on any atom is -0.467 e. The van der Waals surface area contributed by atoms with Crippen molar-refractivity contribution in [3.05, 3.63) is 0 Å². The highest BCUT2D eigenvalue weighted by Crippen LogP contribution is 1.99. The molecule has 0 aromatic carbocycles. The van der Waals surface area contributed by atoms with Crippen molar-refractivity contribution in [1.82, 2.24) is 10.6 Å². The van der Waals surface area contributed by atoms with Crippen molar-refractivity contribution >= 4 is 17.8 Å². The molecule has 2 atom stereocenters. The van der Waals surface area contributed by atoms with E-state index in [4.69, 9.17) is 7.15 Å². The van der Waals surface area contributed by atoms with E-state index in [1.807, 2.05) is 0 Å². The molecule has 0 rings (SSSR count). The van der Waals surface area contributed by atoms with Crippen LogP contribution < -0.4 is 16.4 Å². The second-order valence-corrected chi connectivity index (χ2v) is 4.55. The highest BCUT2D eigenvalue weighted by Gasteiger charge is 2.20. The third-order valence-corrected chi connectivity index (χ3v) is 2.73. The van der Waals surface area contributed by atoms with E-state index in [1.165, 1.54) is 21.0 Å². The van der Waals surface area contributed by atoms with E-state index < -0.39 is 29.9 Å². The molecular weight excluding hydrogens is 262 g/mol. The van der Waals surface area contributed by atoms with Crippen LogP contribution in [0.5, 0.6) is 0 Å². The first-order valence-corrected chi connectivity index (χ1v) is 6.74. The molecule has 0 saturated carbocycles. The van der Waals surface area contributed by atoms with Crippen LogP contribution in [0.4, 0.5) is 0 Å². The molecule has 0 aromatic heterocycles. The van der Waals surface area contributed by atoms with Gasteiger partial charge in [0.15, 0.2) is 1.41 Å². The molecule has 0 heterocycles. The molecular formula is C13H25N3O4. The van der Waals surface area contributed by atoms with Gasteiger partial charge >= 0.3 is 5.97 Å². The fourth-order valence-corrected chi connectivity index (χ4v) is 1.51. The minimum absolute atomic E-state index is 0.202. The Balaban J connectivity index is 4.28. The molecule has 0 radical (unpaired) electrons. The van der Waals surface area contributed by atoms with Crippen LogP contribution in [-0.4, -0.2) is 43.5 Å². The van der Waals surface area contributed by atoms with E-state index in [0.29, 0.717) is 18.3 Å². The fourth-order valence-electron chi connectivity index (χ4n) is 1.51. The van der Waals surface area contributed by atoms with Gasteiger partial charge in [-0.3, -0.25) is 9.59 Å². The van der Waals surface area contributed by atoms with Crippen molar-refractivity contribution in [2.45, 2.75) is 51.6 Å². The van der Waals surface area contributed by atoms with Crippen LogP contribution in [0.1, 0.15) is 39.5 Å². The zero-order chi connectivity index (χ0) is 16.4. The first kappa shape index (κ1) is 16.4. The van der Waals surface area contributed by atoms with E-state index in [-0.39, 0.29) is 6.42 Å². The van der Waals surface area contributed by atoms with Gasteiger partial charge < -0.3 is 21.1 Å². The summed E-state index contributed by atoms with van der Waals surface area (Å²) in [5, 5.41) is 3.04. The number of rotatable bonds is 9. The quantitative estimate of drug-likeness (QED) is 0.398. The summed E-state index contributed by atoms with van der Waals surface area (Å²) >= 11 is 0. The average Bonchev–Trinajstić information content (AvgIpc) is 2.48. The van der Waals surface area contributed by atoms with E-state index >= 15 is 0 Å². The average molecular weight is 288 g/mol. The first-order chi connectivity index (χ1) is 9.84. The number of nitrogens with one attached hydrogen (secondary N) is 2. The number of unbranched alkanes of at least 4 members (excludes halogenated alkanes) is 2. The molecule has 0 bridgehead atoms. The fraction of sp³-hybridized carbons (Fsp3) is 0.769. The third kappa shape index (κ3) is 7.73. The molecule has 20 heavy (non-hydrogen) atoms. The van der Waals surface area contributed by atoms with Gasteiger partial charge in [-0.05, 0) is 33.2 Å². The van der Waals surface area contributed by atoms with E-state index in [0.717, 1.165) is 12.8 Å². The number of nitrogens with two attached hydrogens (primary N) is 1. The smallest absolute Gasteiger partial charge is 0.328 e. The van der Waals surface area contributed by atoms with Gasteiger partial charge in [0.05, 0.1) is 7.11 Å². The number of carbonyl (C=O) groups excluding carboxylic acids is 3. The van der Waals surface area contributed by atoms with Crippen LogP contribution in [0.3, 0.4) is 0 Å². The molecule has 2 amide bonds. The van der Waals surface area contributed by atoms with Gasteiger partial charge in [-0.25, -0.2) is 4.79 Å². The number of esters is 1. The Bertz CT molecular complexity index is 365. The summed E-state index contributed by atoms with van der Waals surface area (Å²) in [4.78, 5) is 34.8. The van der Waals surface area contributed by atoms with Gasteiger partial charge in [0.1, 0.15) is 12.1 Å². The Morgan fingerprint density at radius 1 is 1.20 bits per heavy atom. The lowest BCUT2D eigenvalue weighted by Crippen LogP contribution is -2.49. The van der Waals surface area contributed by atoms with Crippen LogP contribution in [0, 0.1) is 0 Å². The number of carbonyl (C=O) groups is 3. The summed E-state index contributed by atoms with van der Waals surface area (Å²) in [5.41, 5.74) is 5.35. The molecule has 0 aliphatic carbocycles. The van der Waals surface area contributed by atoms with Gasteiger partial charge in [0.25, 0.3) is 0 Å².